The summed E-state index contributed by atoms with van der Waals surface area (Å²) in [5.74, 6) is 0.656. The third-order valence-corrected chi connectivity index (χ3v) is 4.87. The summed E-state index contributed by atoms with van der Waals surface area (Å²) in [6.07, 6.45) is 3.43. The fourth-order valence-electron chi connectivity index (χ4n) is 2.81. The van der Waals surface area contributed by atoms with E-state index in [0.29, 0.717) is 11.5 Å². The van der Waals surface area contributed by atoms with Crippen molar-refractivity contribution in [1.82, 2.24) is 24.6 Å². The number of benzene rings is 1. The van der Waals surface area contributed by atoms with Crippen molar-refractivity contribution in [2.24, 2.45) is 5.14 Å². The number of hydrogen-bond acceptors (Lipinski definition) is 5. The molecule has 1 aliphatic rings. The Morgan fingerprint density at radius 2 is 2.08 bits per heavy atom. The Morgan fingerprint density at radius 3 is 2.84 bits per heavy atom. The van der Waals surface area contributed by atoms with E-state index in [0.717, 1.165) is 31.0 Å². The Hall–Kier alpha value is -2.20. The first-order valence-electron chi connectivity index (χ1n) is 7.47. The van der Waals surface area contributed by atoms with Crippen molar-refractivity contribution in [1.29, 1.82) is 0 Å². The van der Waals surface area contributed by atoms with Gasteiger partial charge in [-0.3, -0.25) is 9.25 Å². The van der Waals surface area contributed by atoms with Gasteiger partial charge in [0.2, 0.25) is 10.0 Å². The zero-order valence-electron chi connectivity index (χ0n) is 13.2. The van der Waals surface area contributed by atoms with Gasteiger partial charge in [-0.1, -0.05) is 6.07 Å². The number of halogens is 1. The lowest BCUT2D eigenvalue weighted by Gasteiger charge is -2.13. The molecule has 0 fully saturated rings. The number of fused-ring (bicyclic) bond motifs is 1. The molecular weight excluding hydrogens is 364 g/mol. The number of nitrogens with one attached hydrogen (secondary N) is 1. The largest absolute Gasteiger partial charge is 0.309 e. The third-order valence-electron chi connectivity index (χ3n) is 3.96. The molecule has 0 bridgehead atoms. The average molecular weight is 381 g/mol. The van der Waals surface area contributed by atoms with Gasteiger partial charge in [0.05, 0.1) is 17.1 Å². The molecule has 25 heavy (non-hydrogen) atoms. The molecule has 0 aliphatic carbocycles. The zero-order chi connectivity index (χ0) is 16.7. The van der Waals surface area contributed by atoms with Gasteiger partial charge in [0.15, 0.2) is 5.82 Å². The molecule has 0 amide bonds. The van der Waals surface area contributed by atoms with Gasteiger partial charge >= 0.3 is 0 Å². The zero-order valence-corrected chi connectivity index (χ0v) is 14.8. The van der Waals surface area contributed by atoms with Gasteiger partial charge in [0, 0.05) is 31.2 Å². The maximum atomic E-state index is 11.6. The summed E-state index contributed by atoms with van der Waals surface area (Å²) in [5, 5.41) is 13.1. The molecule has 0 saturated heterocycles. The molecule has 10 heteroatoms. The summed E-state index contributed by atoms with van der Waals surface area (Å²) in [4.78, 5) is 4.45. The van der Waals surface area contributed by atoms with Crippen LogP contribution in [-0.2, 0) is 23.1 Å². The number of hydrogen-bond donors (Lipinski definition) is 2. The van der Waals surface area contributed by atoms with Crippen molar-refractivity contribution in [3.63, 3.8) is 0 Å². The summed E-state index contributed by atoms with van der Waals surface area (Å²) >= 11 is 0. The van der Waals surface area contributed by atoms with E-state index >= 15 is 0 Å². The Morgan fingerprint density at radius 1 is 1.24 bits per heavy atom. The molecule has 0 atom stereocenters. The Balaban J connectivity index is 0.00000182. The maximum Gasteiger partial charge on any atom is 0.238 e. The van der Waals surface area contributed by atoms with E-state index in [9.17, 15) is 8.42 Å². The Kier molecular flexibility index (Phi) is 4.65. The van der Waals surface area contributed by atoms with Gasteiger partial charge in [-0.15, -0.1) is 12.4 Å². The van der Waals surface area contributed by atoms with Gasteiger partial charge in [-0.25, -0.2) is 18.5 Å². The molecule has 2 aromatic heterocycles. The van der Waals surface area contributed by atoms with Crippen molar-refractivity contribution < 1.29 is 8.42 Å². The Bertz CT molecular complexity index is 987. The second-order valence-electron chi connectivity index (χ2n) is 5.58. The van der Waals surface area contributed by atoms with E-state index in [1.807, 2.05) is 10.7 Å². The predicted molar refractivity (Wildman–Crippen MR) is 95.1 cm³/mol. The van der Waals surface area contributed by atoms with E-state index in [-0.39, 0.29) is 17.3 Å². The molecule has 132 valence electrons. The number of aromatic nitrogens is 4. The molecule has 4 rings (SSSR count). The van der Waals surface area contributed by atoms with Crippen LogP contribution in [0.5, 0.6) is 0 Å². The average Bonchev–Trinajstić information content (AvgIpc) is 3.20. The molecule has 8 nitrogen and oxygen atoms in total. The molecular formula is C15H17ClN6O2S. The van der Waals surface area contributed by atoms with Crippen LogP contribution in [0, 0.1) is 0 Å². The molecule has 0 saturated carbocycles. The highest BCUT2D eigenvalue weighted by Crippen LogP contribution is 2.23. The van der Waals surface area contributed by atoms with Crippen LogP contribution in [0.15, 0.2) is 47.6 Å². The molecule has 0 spiro atoms. The summed E-state index contributed by atoms with van der Waals surface area (Å²) in [6.45, 7) is 2.48. The highest BCUT2D eigenvalue weighted by Gasteiger charge is 2.17. The minimum atomic E-state index is -3.76. The molecule has 1 aromatic carbocycles. The van der Waals surface area contributed by atoms with Crippen LogP contribution in [0.2, 0.25) is 0 Å². The van der Waals surface area contributed by atoms with Crippen LogP contribution >= 0.6 is 12.4 Å². The lowest BCUT2D eigenvalue weighted by molar-refractivity contribution is 0.476. The van der Waals surface area contributed by atoms with Crippen molar-refractivity contribution in [2.75, 3.05) is 6.54 Å². The smallest absolute Gasteiger partial charge is 0.238 e. The van der Waals surface area contributed by atoms with Gasteiger partial charge in [0.25, 0.3) is 0 Å². The predicted octanol–water partition coefficient (Wildman–Crippen LogP) is 0.908. The fraction of sp³-hybridized carbons (Fsp3) is 0.200. The summed E-state index contributed by atoms with van der Waals surface area (Å²) < 4.78 is 26.9. The van der Waals surface area contributed by atoms with Crippen LogP contribution in [-0.4, -0.2) is 34.3 Å². The topological polar surface area (TPSA) is 108 Å². The number of sulfonamides is 1. The van der Waals surface area contributed by atoms with Gasteiger partial charge in [0.1, 0.15) is 5.69 Å². The number of nitrogens with two attached hydrogens (primary N) is 1. The van der Waals surface area contributed by atoms with E-state index < -0.39 is 10.0 Å². The van der Waals surface area contributed by atoms with Crippen LogP contribution in [0.25, 0.3) is 17.2 Å². The number of rotatable bonds is 3. The fourth-order valence-corrected chi connectivity index (χ4v) is 3.37. The van der Waals surface area contributed by atoms with Crippen LogP contribution in [0.3, 0.4) is 0 Å². The van der Waals surface area contributed by atoms with Crippen LogP contribution in [0.4, 0.5) is 0 Å². The lowest BCUT2D eigenvalue weighted by Crippen LogP contribution is -2.28. The van der Waals surface area contributed by atoms with Gasteiger partial charge in [-0.2, -0.15) is 5.10 Å². The molecule has 0 unspecified atom stereocenters. The van der Waals surface area contributed by atoms with E-state index in [2.05, 4.69) is 15.4 Å². The van der Waals surface area contributed by atoms with Crippen molar-refractivity contribution in [3.8, 4) is 17.2 Å². The Labute approximate surface area is 151 Å². The molecule has 3 N–H and O–H groups in total. The highest BCUT2D eigenvalue weighted by molar-refractivity contribution is 7.89. The highest BCUT2D eigenvalue weighted by atomic mass is 35.5. The minimum Gasteiger partial charge on any atom is -0.309 e. The third kappa shape index (κ3) is 3.31. The van der Waals surface area contributed by atoms with Crippen molar-refractivity contribution in [2.45, 2.75) is 18.0 Å². The quantitative estimate of drug-likeness (QED) is 0.702. The summed E-state index contributed by atoms with van der Waals surface area (Å²) in [5.41, 5.74) is 2.52. The molecule has 1 aliphatic heterocycles. The maximum absolute atomic E-state index is 11.6. The molecule has 3 aromatic rings. The van der Waals surface area contributed by atoms with Gasteiger partial charge in [-0.05, 0) is 24.3 Å². The molecule has 3 heterocycles. The number of primary sulfonamides is 1. The van der Waals surface area contributed by atoms with Gasteiger partial charge < -0.3 is 5.32 Å². The monoisotopic (exact) mass is 380 g/mol. The lowest BCUT2D eigenvalue weighted by atomic mass is 10.3. The first-order chi connectivity index (χ1) is 11.5. The summed E-state index contributed by atoms with van der Waals surface area (Å²) in [7, 11) is -3.76. The number of nitrogens with zero attached hydrogens (tertiary/aromatic N) is 4. The number of imidazole rings is 1. The first-order valence-corrected chi connectivity index (χ1v) is 9.01. The van der Waals surface area contributed by atoms with Crippen LogP contribution < -0.4 is 10.5 Å². The van der Waals surface area contributed by atoms with E-state index in [1.165, 1.54) is 12.1 Å². The van der Waals surface area contributed by atoms with Crippen molar-refractivity contribution >= 4 is 22.4 Å². The first kappa shape index (κ1) is 17.6. The second kappa shape index (κ2) is 6.60. The minimum absolute atomic E-state index is 0. The van der Waals surface area contributed by atoms with E-state index in [4.69, 9.17) is 5.14 Å². The normalized spacial score (nSPS) is 14.0. The van der Waals surface area contributed by atoms with E-state index in [1.54, 1.807) is 29.1 Å². The van der Waals surface area contributed by atoms with Crippen LogP contribution in [0.1, 0.15) is 5.69 Å². The standard InChI is InChI=1S/C15H16N6O2S.ClH/c16-24(22,23)13-3-1-2-11(8-13)20-6-5-18-15(20)14-9-12-10-17-4-7-21(12)19-14;/h1-3,5-6,8-9,17H,4,7,10H2,(H2,16,22,23);1H. The summed E-state index contributed by atoms with van der Waals surface area (Å²) in [6, 6.07) is 8.45. The van der Waals surface area contributed by atoms with Crippen molar-refractivity contribution in [3.05, 3.63) is 48.4 Å². The molecule has 0 radical (unpaired) electrons. The second-order valence-corrected chi connectivity index (χ2v) is 7.15. The SMILES string of the molecule is Cl.NS(=O)(=O)c1cccc(-n2ccnc2-c2cc3n(n2)CCNC3)c1.